The Kier molecular flexibility index (Phi) is 7.10. The molecule has 3 aromatic carbocycles. The Labute approximate surface area is 212 Å². The van der Waals surface area contributed by atoms with Gasteiger partial charge in [0.25, 0.3) is 23.4 Å². The predicted octanol–water partition coefficient (Wildman–Crippen LogP) is 4.12. The van der Waals surface area contributed by atoms with E-state index in [-0.39, 0.29) is 17.7 Å². The van der Waals surface area contributed by atoms with Gasteiger partial charge < -0.3 is 10.1 Å². The summed E-state index contributed by atoms with van der Waals surface area (Å²) in [6.45, 7) is 3.37. The lowest BCUT2D eigenvalue weighted by Crippen LogP contribution is -2.33. The van der Waals surface area contributed by atoms with Crippen LogP contribution in [0.2, 0.25) is 0 Å². The molecule has 1 atom stereocenters. The molecule has 0 bridgehead atoms. The number of ether oxygens (including phenoxy) is 1. The molecule has 0 aromatic heterocycles. The Bertz CT molecular complexity index is 1420. The van der Waals surface area contributed by atoms with Gasteiger partial charge in [-0.15, -0.1) is 0 Å². The summed E-state index contributed by atoms with van der Waals surface area (Å²) in [4.78, 5) is 62.7. The van der Waals surface area contributed by atoms with E-state index in [0.717, 1.165) is 22.1 Å². The summed E-state index contributed by atoms with van der Waals surface area (Å²) in [5, 5.41) is 14.1. The van der Waals surface area contributed by atoms with E-state index in [0.29, 0.717) is 11.3 Å². The van der Waals surface area contributed by atoms with Crippen molar-refractivity contribution in [2.24, 2.45) is 0 Å². The number of esters is 1. The van der Waals surface area contributed by atoms with Crippen molar-refractivity contribution >= 4 is 35.1 Å². The van der Waals surface area contributed by atoms with Crippen LogP contribution in [0.4, 0.5) is 11.4 Å². The van der Waals surface area contributed by atoms with Crippen molar-refractivity contribution < 1.29 is 28.8 Å². The number of nitrogens with zero attached hydrogens (tertiary/aromatic N) is 2. The zero-order valence-corrected chi connectivity index (χ0v) is 20.1. The molecule has 10 nitrogen and oxygen atoms in total. The molecule has 1 heterocycles. The zero-order chi connectivity index (χ0) is 26.7. The Morgan fingerprint density at radius 2 is 1.73 bits per heavy atom. The molecule has 0 saturated heterocycles. The molecule has 0 saturated carbocycles. The van der Waals surface area contributed by atoms with Crippen molar-refractivity contribution in [1.82, 2.24) is 4.90 Å². The number of anilines is 1. The number of hydrogen-bond acceptors (Lipinski definition) is 7. The van der Waals surface area contributed by atoms with E-state index in [1.807, 2.05) is 26.0 Å². The first-order valence-corrected chi connectivity index (χ1v) is 11.4. The van der Waals surface area contributed by atoms with Crippen molar-refractivity contribution in [1.29, 1.82) is 0 Å². The quantitative estimate of drug-likeness (QED) is 0.212. The number of amides is 3. The Balaban J connectivity index is 1.48. The number of imide groups is 1. The van der Waals surface area contributed by atoms with Gasteiger partial charge in [-0.3, -0.25) is 34.2 Å². The molecule has 4 rings (SSSR count). The van der Waals surface area contributed by atoms with Crippen molar-refractivity contribution in [3.05, 3.63) is 105 Å². The maximum absolute atomic E-state index is 13.2. The molecule has 0 radical (unpaired) electrons. The van der Waals surface area contributed by atoms with Crippen LogP contribution in [0.1, 0.15) is 49.9 Å². The van der Waals surface area contributed by atoms with Gasteiger partial charge in [-0.1, -0.05) is 48.5 Å². The van der Waals surface area contributed by atoms with Crippen LogP contribution in [-0.2, 0) is 14.3 Å². The molecule has 1 aliphatic heterocycles. The molecule has 188 valence electrons. The average molecular weight is 501 g/mol. The maximum Gasteiger partial charge on any atom is 0.308 e. The third-order valence-electron chi connectivity index (χ3n) is 5.95. The number of rotatable bonds is 8. The van der Waals surface area contributed by atoms with Gasteiger partial charge in [0, 0.05) is 23.9 Å². The highest BCUT2D eigenvalue weighted by Gasteiger charge is 2.41. The first kappa shape index (κ1) is 25.2. The summed E-state index contributed by atoms with van der Waals surface area (Å²) >= 11 is 0. The summed E-state index contributed by atoms with van der Waals surface area (Å²) in [5.41, 5.74) is 1.91. The molecule has 0 aliphatic carbocycles. The molecule has 1 unspecified atom stereocenters. The highest BCUT2D eigenvalue weighted by atomic mass is 16.6. The lowest BCUT2D eigenvalue weighted by molar-refractivity contribution is -0.385. The number of nitro benzene ring substituents is 1. The van der Waals surface area contributed by atoms with Gasteiger partial charge in [-0.25, -0.2) is 0 Å². The number of carbonyl (C=O) groups is 4. The van der Waals surface area contributed by atoms with E-state index in [2.05, 4.69) is 5.32 Å². The molecule has 1 aliphatic rings. The number of nitro groups is 1. The van der Waals surface area contributed by atoms with Crippen molar-refractivity contribution in [3.8, 4) is 0 Å². The molecule has 3 aromatic rings. The first-order valence-electron chi connectivity index (χ1n) is 11.4. The fourth-order valence-corrected chi connectivity index (χ4v) is 4.03. The normalized spacial score (nSPS) is 13.2. The second-order valence-corrected chi connectivity index (χ2v) is 8.56. The van der Waals surface area contributed by atoms with Crippen LogP contribution in [0.25, 0.3) is 0 Å². The smallest absolute Gasteiger partial charge is 0.308 e. The number of fused-ring (bicyclic) bond motifs is 1. The second kappa shape index (κ2) is 10.4. The molecule has 1 N–H and O–H groups in total. The maximum atomic E-state index is 13.2. The van der Waals surface area contributed by atoms with Crippen LogP contribution in [-0.4, -0.2) is 40.1 Å². The van der Waals surface area contributed by atoms with Crippen LogP contribution in [0.3, 0.4) is 0 Å². The first-order chi connectivity index (χ1) is 17.7. The van der Waals surface area contributed by atoms with Crippen LogP contribution in [0.15, 0.2) is 66.7 Å². The monoisotopic (exact) mass is 501 g/mol. The van der Waals surface area contributed by atoms with Gasteiger partial charge in [0.1, 0.15) is 5.56 Å². The van der Waals surface area contributed by atoms with Crippen molar-refractivity contribution in [2.75, 3.05) is 11.9 Å². The van der Waals surface area contributed by atoms with Gasteiger partial charge >= 0.3 is 5.97 Å². The third-order valence-corrected chi connectivity index (χ3v) is 5.95. The van der Waals surface area contributed by atoms with Gasteiger partial charge in [0.05, 0.1) is 16.9 Å². The fraction of sp³-hybridized carbons (Fsp3) is 0.185. The molecule has 10 heteroatoms. The molecule has 0 fully saturated rings. The van der Waals surface area contributed by atoms with E-state index in [4.69, 9.17) is 4.74 Å². The van der Waals surface area contributed by atoms with Crippen LogP contribution >= 0.6 is 0 Å². The number of carbonyl (C=O) groups excluding carboxylic acids is 4. The van der Waals surface area contributed by atoms with Crippen LogP contribution in [0, 0.1) is 24.0 Å². The summed E-state index contributed by atoms with van der Waals surface area (Å²) in [5.74, 6) is -2.98. The Morgan fingerprint density at radius 1 is 1.00 bits per heavy atom. The minimum absolute atomic E-state index is 0.0948. The fourth-order valence-electron chi connectivity index (χ4n) is 4.03. The van der Waals surface area contributed by atoms with Crippen molar-refractivity contribution in [3.63, 3.8) is 0 Å². The number of nitrogens with one attached hydrogen (secondary N) is 1. The molecular weight excluding hydrogens is 478 g/mol. The average Bonchev–Trinajstić information content (AvgIpc) is 3.13. The molecule has 3 amide bonds. The van der Waals surface area contributed by atoms with E-state index < -0.39 is 46.8 Å². The van der Waals surface area contributed by atoms with E-state index in [9.17, 15) is 29.3 Å². The van der Waals surface area contributed by atoms with Gasteiger partial charge in [0.15, 0.2) is 0 Å². The van der Waals surface area contributed by atoms with Crippen molar-refractivity contribution in [2.45, 2.75) is 26.4 Å². The lowest BCUT2D eigenvalue weighted by Gasteiger charge is -2.20. The van der Waals surface area contributed by atoms with Gasteiger partial charge in [-0.05, 0) is 37.1 Å². The summed E-state index contributed by atoms with van der Waals surface area (Å²) in [6.07, 6.45) is -1.68. The van der Waals surface area contributed by atoms with E-state index in [1.54, 1.807) is 36.4 Å². The topological polar surface area (TPSA) is 136 Å². The third kappa shape index (κ3) is 5.22. The highest BCUT2D eigenvalue weighted by molar-refractivity contribution is 6.23. The summed E-state index contributed by atoms with van der Waals surface area (Å²) in [7, 11) is 0. The van der Waals surface area contributed by atoms with Crippen LogP contribution < -0.4 is 5.32 Å². The minimum atomic E-state index is -1.28. The van der Waals surface area contributed by atoms with E-state index >= 15 is 0 Å². The second-order valence-electron chi connectivity index (χ2n) is 8.56. The zero-order valence-electron chi connectivity index (χ0n) is 20.1. The number of aryl methyl sites for hydroxylation is 2. The molecule has 37 heavy (non-hydrogen) atoms. The van der Waals surface area contributed by atoms with E-state index in [1.165, 1.54) is 12.1 Å². The van der Waals surface area contributed by atoms with Gasteiger partial charge in [-0.2, -0.15) is 0 Å². The Hall–Kier alpha value is -4.86. The number of hydrogen-bond donors (Lipinski definition) is 1. The predicted molar refractivity (Wildman–Crippen MR) is 133 cm³/mol. The minimum Gasteiger partial charge on any atom is -0.447 e. The number of benzene rings is 3. The molecular formula is C27H23N3O7. The molecule has 0 spiro atoms. The highest BCUT2D eigenvalue weighted by Crippen LogP contribution is 2.31. The summed E-state index contributed by atoms with van der Waals surface area (Å²) < 4.78 is 5.50. The largest absolute Gasteiger partial charge is 0.447 e. The summed E-state index contributed by atoms with van der Waals surface area (Å²) in [6, 6.07) is 17.8. The lowest BCUT2D eigenvalue weighted by atomic mass is 10.1. The Morgan fingerprint density at radius 3 is 2.43 bits per heavy atom. The standard InChI is InChI=1S/C27H23N3O7/c1-16-11-12-17(2)20(15-16)28-25(32)24(18-7-4-3-5-8-18)37-22(31)13-14-29-26(33)19-9-6-10-21(30(35)36)23(19)27(29)34/h3-12,15,24H,13-14H2,1-2H3,(H,28,32). The van der Waals surface area contributed by atoms with Crippen LogP contribution in [0.5, 0.6) is 0 Å². The SMILES string of the molecule is Cc1ccc(C)c(NC(=O)C(OC(=O)CCN2C(=O)c3cccc([N+](=O)[O-])c3C2=O)c2ccccc2)c1. The van der Waals surface area contributed by atoms with Gasteiger partial charge in [0.2, 0.25) is 6.10 Å².